The molecule has 0 radical (unpaired) electrons. The summed E-state index contributed by atoms with van der Waals surface area (Å²) in [5, 5.41) is 8.88. The summed E-state index contributed by atoms with van der Waals surface area (Å²) >= 11 is 0. The topological polar surface area (TPSA) is 95.4 Å². The van der Waals surface area contributed by atoms with E-state index in [1.165, 1.54) is 4.57 Å². The third-order valence-electron chi connectivity index (χ3n) is 3.28. The number of piperidine rings is 1. The van der Waals surface area contributed by atoms with Crippen LogP contribution in [-0.2, 0) is 0 Å². The summed E-state index contributed by atoms with van der Waals surface area (Å²) in [7, 11) is 1.99. The van der Waals surface area contributed by atoms with Crippen molar-refractivity contribution in [1.82, 2.24) is 14.5 Å². The van der Waals surface area contributed by atoms with Gasteiger partial charge in [-0.1, -0.05) is 0 Å². The lowest BCUT2D eigenvalue weighted by Crippen LogP contribution is -2.39. The molecular formula is C11H15N3O4. The van der Waals surface area contributed by atoms with Gasteiger partial charge in [-0.2, -0.15) is 0 Å². The first-order valence-corrected chi connectivity index (χ1v) is 5.76. The molecule has 7 heteroatoms. The number of likely N-dealkylation sites (tertiary alicyclic amines) is 1. The number of hydrogen-bond acceptors (Lipinski definition) is 4. The Hall–Kier alpha value is -1.89. The molecule has 2 N–H and O–H groups in total. The summed E-state index contributed by atoms with van der Waals surface area (Å²) in [5.41, 5.74) is -1.79. The maximum Gasteiger partial charge on any atom is 0.342 e. The van der Waals surface area contributed by atoms with E-state index in [4.69, 9.17) is 5.11 Å². The highest BCUT2D eigenvalue weighted by molar-refractivity contribution is 5.86. The van der Waals surface area contributed by atoms with E-state index >= 15 is 0 Å². The minimum Gasteiger partial charge on any atom is -0.477 e. The summed E-state index contributed by atoms with van der Waals surface area (Å²) in [5.74, 6) is -1.32. The van der Waals surface area contributed by atoms with Crippen LogP contribution in [0.25, 0.3) is 0 Å². The van der Waals surface area contributed by atoms with E-state index < -0.39 is 22.8 Å². The first-order valence-electron chi connectivity index (χ1n) is 5.76. The quantitative estimate of drug-likeness (QED) is 0.741. The zero-order valence-corrected chi connectivity index (χ0v) is 10.0. The van der Waals surface area contributed by atoms with Crippen molar-refractivity contribution in [2.75, 3.05) is 20.1 Å². The van der Waals surface area contributed by atoms with Crippen molar-refractivity contribution in [3.63, 3.8) is 0 Å². The number of nitrogens with one attached hydrogen (secondary N) is 1. The van der Waals surface area contributed by atoms with Crippen LogP contribution < -0.4 is 11.2 Å². The molecule has 1 aromatic rings. The summed E-state index contributed by atoms with van der Waals surface area (Å²) in [6.45, 7) is 1.69. The Balaban J connectivity index is 2.39. The van der Waals surface area contributed by atoms with Gasteiger partial charge in [0.05, 0.1) is 0 Å². The van der Waals surface area contributed by atoms with Crippen LogP contribution in [0.3, 0.4) is 0 Å². The number of carboxylic acid groups (broad SMARTS) is 1. The maximum absolute atomic E-state index is 11.7. The minimum atomic E-state index is -1.32. The van der Waals surface area contributed by atoms with Crippen LogP contribution in [0.4, 0.5) is 0 Å². The molecule has 1 aliphatic heterocycles. The summed E-state index contributed by atoms with van der Waals surface area (Å²) < 4.78 is 1.33. The molecule has 1 aromatic heterocycles. The number of H-pyrrole nitrogens is 1. The van der Waals surface area contributed by atoms with Gasteiger partial charge < -0.3 is 10.0 Å². The molecule has 0 spiro atoms. The Morgan fingerprint density at radius 2 is 2.00 bits per heavy atom. The number of rotatable bonds is 2. The third-order valence-corrected chi connectivity index (χ3v) is 3.28. The first kappa shape index (κ1) is 12.6. The van der Waals surface area contributed by atoms with Gasteiger partial charge in [-0.25, -0.2) is 9.59 Å². The van der Waals surface area contributed by atoms with Crippen molar-refractivity contribution < 1.29 is 9.90 Å². The average Bonchev–Trinajstić information content (AvgIpc) is 2.30. The van der Waals surface area contributed by atoms with E-state index in [2.05, 4.69) is 9.88 Å². The van der Waals surface area contributed by atoms with E-state index in [0.29, 0.717) is 0 Å². The van der Waals surface area contributed by atoms with Crippen molar-refractivity contribution in [2.45, 2.75) is 18.9 Å². The molecule has 98 valence electrons. The highest BCUT2D eigenvalue weighted by Crippen LogP contribution is 2.19. The van der Waals surface area contributed by atoms with Gasteiger partial charge in [-0.3, -0.25) is 14.3 Å². The normalized spacial score (nSPS) is 17.8. The molecule has 1 saturated heterocycles. The van der Waals surface area contributed by atoms with E-state index in [9.17, 15) is 14.4 Å². The van der Waals surface area contributed by atoms with Crippen LogP contribution in [0.15, 0.2) is 15.8 Å². The molecule has 0 unspecified atom stereocenters. The average molecular weight is 253 g/mol. The molecule has 2 heterocycles. The molecule has 0 amide bonds. The third kappa shape index (κ3) is 2.35. The molecule has 0 aliphatic carbocycles. The van der Waals surface area contributed by atoms with Gasteiger partial charge in [0.2, 0.25) is 0 Å². The molecule has 18 heavy (non-hydrogen) atoms. The molecule has 0 bridgehead atoms. The number of aromatic amines is 1. The summed E-state index contributed by atoms with van der Waals surface area (Å²) in [6, 6.07) is -0.0522. The Bertz CT molecular complexity index is 566. The molecule has 0 aromatic carbocycles. The SMILES string of the molecule is CN1CCC(n2cc(C(=O)O)c(=O)[nH]c2=O)CC1. The smallest absolute Gasteiger partial charge is 0.342 e. The van der Waals surface area contributed by atoms with Gasteiger partial charge in [0, 0.05) is 12.2 Å². The van der Waals surface area contributed by atoms with Crippen LogP contribution in [-0.4, -0.2) is 45.7 Å². The summed E-state index contributed by atoms with van der Waals surface area (Å²) in [6.07, 6.45) is 2.68. The molecule has 1 fully saturated rings. The van der Waals surface area contributed by atoms with Crippen LogP contribution >= 0.6 is 0 Å². The van der Waals surface area contributed by atoms with Gasteiger partial charge in [-0.15, -0.1) is 0 Å². The molecular weight excluding hydrogens is 238 g/mol. The van der Waals surface area contributed by atoms with Gasteiger partial charge in [0.1, 0.15) is 5.56 Å². The minimum absolute atomic E-state index is 0.0522. The standard InChI is InChI=1S/C11H15N3O4/c1-13-4-2-7(3-5-13)14-6-8(10(16)17)9(15)12-11(14)18/h6-7H,2-5H2,1H3,(H,16,17)(H,12,15,18). The van der Waals surface area contributed by atoms with E-state index in [1.54, 1.807) is 0 Å². The predicted molar refractivity (Wildman–Crippen MR) is 64.1 cm³/mol. The predicted octanol–water partition coefficient (Wildman–Crippen LogP) is -0.498. The van der Waals surface area contributed by atoms with Gasteiger partial charge >= 0.3 is 11.7 Å². The second-order valence-electron chi connectivity index (χ2n) is 4.55. The van der Waals surface area contributed by atoms with Crippen LogP contribution in [0.5, 0.6) is 0 Å². The van der Waals surface area contributed by atoms with Crippen molar-refractivity contribution in [2.24, 2.45) is 0 Å². The summed E-state index contributed by atoms with van der Waals surface area (Å²) in [4.78, 5) is 38.1. The molecule has 2 rings (SSSR count). The zero-order chi connectivity index (χ0) is 13.3. The molecule has 0 atom stereocenters. The fraction of sp³-hybridized carbons (Fsp3) is 0.545. The Labute approximate surface area is 103 Å². The van der Waals surface area contributed by atoms with E-state index in [-0.39, 0.29) is 6.04 Å². The fourth-order valence-corrected chi connectivity index (χ4v) is 2.18. The van der Waals surface area contributed by atoms with Crippen LogP contribution in [0, 0.1) is 0 Å². The molecule has 0 saturated carbocycles. The maximum atomic E-state index is 11.7. The van der Waals surface area contributed by atoms with Gasteiger partial charge in [-0.05, 0) is 33.0 Å². The van der Waals surface area contributed by atoms with Crippen molar-refractivity contribution in [1.29, 1.82) is 0 Å². The molecule has 1 aliphatic rings. The van der Waals surface area contributed by atoms with Crippen molar-refractivity contribution in [3.05, 3.63) is 32.6 Å². The van der Waals surface area contributed by atoms with Gasteiger partial charge in [0.25, 0.3) is 5.56 Å². The highest BCUT2D eigenvalue weighted by atomic mass is 16.4. The highest BCUT2D eigenvalue weighted by Gasteiger charge is 2.21. The number of aromatic nitrogens is 2. The number of nitrogens with zero attached hydrogens (tertiary/aromatic N) is 2. The number of aromatic carboxylic acids is 1. The van der Waals surface area contributed by atoms with Gasteiger partial charge in [0.15, 0.2) is 0 Å². The van der Waals surface area contributed by atoms with Crippen LogP contribution in [0.1, 0.15) is 29.2 Å². The van der Waals surface area contributed by atoms with E-state index in [1.807, 2.05) is 7.05 Å². The first-order chi connectivity index (χ1) is 8.49. The fourth-order valence-electron chi connectivity index (χ4n) is 2.18. The number of carboxylic acids is 1. The Morgan fingerprint density at radius 3 is 2.56 bits per heavy atom. The second-order valence-corrected chi connectivity index (χ2v) is 4.55. The van der Waals surface area contributed by atoms with Crippen molar-refractivity contribution >= 4 is 5.97 Å². The number of hydrogen-bond donors (Lipinski definition) is 2. The zero-order valence-electron chi connectivity index (χ0n) is 10.0. The lowest BCUT2D eigenvalue weighted by Gasteiger charge is -2.29. The lowest BCUT2D eigenvalue weighted by molar-refractivity contribution is 0.0693. The molecule has 7 nitrogen and oxygen atoms in total. The Morgan fingerprint density at radius 1 is 1.39 bits per heavy atom. The number of carbonyl (C=O) groups is 1. The Kier molecular flexibility index (Phi) is 3.33. The monoisotopic (exact) mass is 253 g/mol. The van der Waals surface area contributed by atoms with Crippen molar-refractivity contribution in [3.8, 4) is 0 Å². The largest absolute Gasteiger partial charge is 0.477 e. The lowest BCUT2D eigenvalue weighted by atomic mass is 10.1. The van der Waals surface area contributed by atoms with E-state index in [0.717, 1.165) is 32.1 Å². The van der Waals surface area contributed by atoms with Crippen LogP contribution in [0.2, 0.25) is 0 Å². The second kappa shape index (κ2) is 4.77.